The monoisotopic (exact) mass is 400 g/mol. The number of rotatable bonds is 1. The standard InChI is InChI=1S/C29H24N2/c1-29(2,3)23-15-9-16-24-22(23)18-26-28(30-24)21-14-7-10-19-11-8-17-25(27(19)21)31(26)20-12-5-4-6-13-20/h4-18H,1-3H3. The maximum Gasteiger partial charge on any atom is 0.0957 e. The molecule has 0 atom stereocenters. The molecule has 1 aliphatic rings. The summed E-state index contributed by atoms with van der Waals surface area (Å²) in [6.45, 7) is 6.81. The fourth-order valence-corrected chi connectivity index (χ4v) is 4.90. The van der Waals surface area contributed by atoms with Crippen LogP contribution in [0.2, 0.25) is 0 Å². The predicted octanol–water partition coefficient (Wildman–Crippen LogP) is 8.14. The second-order valence-corrected chi connectivity index (χ2v) is 9.33. The number of nitrogens with zero attached hydrogens (tertiary/aromatic N) is 2. The zero-order valence-electron chi connectivity index (χ0n) is 18.1. The van der Waals surface area contributed by atoms with Crippen LogP contribution in [0.4, 0.5) is 17.1 Å². The Morgan fingerprint density at radius 1 is 0.710 bits per heavy atom. The molecule has 4 aromatic carbocycles. The quantitative estimate of drug-likeness (QED) is 0.277. The third-order valence-electron chi connectivity index (χ3n) is 6.28. The van der Waals surface area contributed by atoms with E-state index in [1.54, 1.807) is 0 Å². The first-order chi connectivity index (χ1) is 15.0. The van der Waals surface area contributed by atoms with Crippen LogP contribution in [0.15, 0.2) is 91.0 Å². The smallest absolute Gasteiger partial charge is 0.0957 e. The maximum atomic E-state index is 5.25. The van der Waals surface area contributed by atoms with E-state index in [2.05, 4.69) is 117 Å². The average Bonchev–Trinajstić information content (AvgIpc) is 2.78. The molecular weight excluding hydrogens is 376 g/mol. The molecule has 0 N–H and O–H groups in total. The van der Waals surface area contributed by atoms with Crippen LogP contribution in [0, 0.1) is 0 Å². The maximum absolute atomic E-state index is 5.25. The van der Waals surface area contributed by atoms with Gasteiger partial charge in [-0.2, -0.15) is 0 Å². The average molecular weight is 401 g/mol. The Morgan fingerprint density at radius 2 is 1.45 bits per heavy atom. The highest BCUT2D eigenvalue weighted by molar-refractivity contribution is 6.14. The molecule has 0 spiro atoms. The summed E-state index contributed by atoms with van der Waals surface area (Å²) < 4.78 is 0. The van der Waals surface area contributed by atoms with Crippen LogP contribution in [0.25, 0.3) is 32.9 Å². The van der Waals surface area contributed by atoms with E-state index >= 15 is 0 Å². The van der Waals surface area contributed by atoms with Gasteiger partial charge in [0.05, 0.1) is 22.6 Å². The molecule has 0 fully saturated rings. The lowest BCUT2D eigenvalue weighted by molar-refractivity contribution is 0.596. The number of fused-ring (bicyclic) bond motifs is 3. The lowest BCUT2D eigenvalue weighted by Crippen LogP contribution is -2.17. The van der Waals surface area contributed by atoms with E-state index in [-0.39, 0.29) is 5.41 Å². The van der Waals surface area contributed by atoms with E-state index in [9.17, 15) is 0 Å². The SMILES string of the molecule is CC(C)(C)c1cccc2nc3c(cc12)N(c1ccccc1)c1cccc2cccc-3c12. The molecule has 0 amide bonds. The van der Waals surface area contributed by atoms with Crippen molar-refractivity contribution in [3.63, 3.8) is 0 Å². The summed E-state index contributed by atoms with van der Waals surface area (Å²) in [6.07, 6.45) is 0. The van der Waals surface area contributed by atoms with Gasteiger partial charge in [0, 0.05) is 22.0 Å². The highest BCUT2D eigenvalue weighted by atomic mass is 15.2. The van der Waals surface area contributed by atoms with E-state index in [1.165, 1.54) is 33.0 Å². The third kappa shape index (κ3) is 2.68. The van der Waals surface area contributed by atoms with Gasteiger partial charge in [0.15, 0.2) is 0 Å². The number of hydrogen-bond acceptors (Lipinski definition) is 2. The molecule has 6 rings (SSSR count). The molecular formula is C29H24N2. The third-order valence-corrected chi connectivity index (χ3v) is 6.28. The lowest BCUT2D eigenvalue weighted by atomic mass is 9.84. The second-order valence-electron chi connectivity index (χ2n) is 9.33. The number of benzene rings is 4. The molecule has 2 heteroatoms. The lowest BCUT2D eigenvalue weighted by Gasteiger charge is -2.33. The molecule has 1 aromatic heterocycles. The van der Waals surface area contributed by atoms with Crippen LogP contribution < -0.4 is 4.90 Å². The van der Waals surface area contributed by atoms with Crippen LogP contribution in [0.3, 0.4) is 0 Å². The molecule has 31 heavy (non-hydrogen) atoms. The minimum Gasteiger partial charge on any atom is -0.308 e. The van der Waals surface area contributed by atoms with Gasteiger partial charge in [-0.25, -0.2) is 4.98 Å². The molecule has 0 unspecified atom stereocenters. The predicted molar refractivity (Wildman–Crippen MR) is 132 cm³/mol. The Hall–Kier alpha value is -3.65. The van der Waals surface area contributed by atoms with Gasteiger partial charge in [0.1, 0.15) is 0 Å². The summed E-state index contributed by atoms with van der Waals surface area (Å²) in [5.41, 5.74) is 8.17. The van der Waals surface area contributed by atoms with Crippen molar-refractivity contribution in [2.45, 2.75) is 26.2 Å². The first-order valence-electron chi connectivity index (χ1n) is 10.8. The van der Waals surface area contributed by atoms with E-state index in [4.69, 9.17) is 4.98 Å². The highest BCUT2D eigenvalue weighted by Gasteiger charge is 2.28. The van der Waals surface area contributed by atoms with Gasteiger partial charge < -0.3 is 4.90 Å². The molecule has 0 saturated carbocycles. The molecule has 0 saturated heterocycles. The summed E-state index contributed by atoms with van der Waals surface area (Å²) in [4.78, 5) is 7.62. The molecule has 2 nitrogen and oxygen atoms in total. The van der Waals surface area contributed by atoms with Crippen LogP contribution in [0.1, 0.15) is 26.3 Å². The minimum absolute atomic E-state index is 0.0413. The number of anilines is 3. The summed E-state index contributed by atoms with van der Waals surface area (Å²) in [5, 5.41) is 3.73. The summed E-state index contributed by atoms with van der Waals surface area (Å²) in [6, 6.07) is 32.6. The van der Waals surface area contributed by atoms with Crippen molar-refractivity contribution in [3.8, 4) is 11.3 Å². The summed E-state index contributed by atoms with van der Waals surface area (Å²) >= 11 is 0. The molecule has 2 heterocycles. The largest absolute Gasteiger partial charge is 0.308 e. The normalized spacial score (nSPS) is 12.9. The van der Waals surface area contributed by atoms with Gasteiger partial charge in [-0.15, -0.1) is 0 Å². The second kappa shape index (κ2) is 6.42. The van der Waals surface area contributed by atoms with E-state index in [1.807, 2.05) is 0 Å². The number of aromatic nitrogens is 1. The van der Waals surface area contributed by atoms with E-state index < -0.39 is 0 Å². The van der Waals surface area contributed by atoms with E-state index in [0.29, 0.717) is 0 Å². The van der Waals surface area contributed by atoms with Gasteiger partial charge in [-0.05, 0) is 46.7 Å². The molecule has 0 aliphatic carbocycles. The zero-order chi connectivity index (χ0) is 21.2. The van der Waals surface area contributed by atoms with Crippen LogP contribution in [-0.2, 0) is 5.41 Å². The first-order valence-corrected chi connectivity index (χ1v) is 10.8. The molecule has 0 radical (unpaired) electrons. The Labute approximate surface area is 182 Å². The van der Waals surface area contributed by atoms with Gasteiger partial charge in [0.25, 0.3) is 0 Å². The van der Waals surface area contributed by atoms with Crippen LogP contribution in [-0.4, -0.2) is 4.98 Å². The zero-order valence-corrected chi connectivity index (χ0v) is 18.1. The molecule has 150 valence electrons. The topological polar surface area (TPSA) is 16.1 Å². The van der Waals surface area contributed by atoms with Crippen molar-refractivity contribution < 1.29 is 0 Å². The Morgan fingerprint density at radius 3 is 2.23 bits per heavy atom. The highest BCUT2D eigenvalue weighted by Crippen LogP contribution is 2.51. The molecule has 0 bridgehead atoms. The van der Waals surface area contributed by atoms with Crippen molar-refractivity contribution >= 4 is 38.7 Å². The van der Waals surface area contributed by atoms with E-state index in [0.717, 1.165) is 22.6 Å². The van der Waals surface area contributed by atoms with Crippen molar-refractivity contribution in [2.75, 3.05) is 4.90 Å². The van der Waals surface area contributed by atoms with Gasteiger partial charge >= 0.3 is 0 Å². The number of pyridine rings is 1. The molecule has 5 aromatic rings. The fourth-order valence-electron chi connectivity index (χ4n) is 4.90. The first kappa shape index (κ1) is 18.1. The van der Waals surface area contributed by atoms with Gasteiger partial charge in [-0.1, -0.05) is 81.4 Å². The van der Waals surface area contributed by atoms with Crippen molar-refractivity contribution in [1.29, 1.82) is 0 Å². The van der Waals surface area contributed by atoms with Crippen molar-refractivity contribution in [2.24, 2.45) is 0 Å². The summed E-state index contributed by atoms with van der Waals surface area (Å²) in [7, 11) is 0. The number of para-hydroxylation sites is 1. The number of hydrogen-bond donors (Lipinski definition) is 0. The van der Waals surface area contributed by atoms with Crippen molar-refractivity contribution in [1.82, 2.24) is 4.98 Å². The van der Waals surface area contributed by atoms with Gasteiger partial charge in [-0.3, -0.25) is 0 Å². The van der Waals surface area contributed by atoms with Crippen LogP contribution >= 0.6 is 0 Å². The fraction of sp³-hybridized carbons (Fsp3) is 0.138. The minimum atomic E-state index is 0.0413. The Kier molecular flexibility index (Phi) is 3.76. The van der Waals surface area contributed by atoms with Crippen LogP contribution in [0.5, 0.6) is 0 Å². The van der Waals surface area contributed by atoms with Gasteiger partial charge in [0.2, 0.25) is 0 Å². The Balaban J connectivity index is 1.78. The van der Waals surface area contributed by atoms with Crippen molar-refractivity contribution in [3.05, 3.63) is 96.6 Å². The molecule has 1 aliphatic heterocycles. The summed E-state index contributed by atoms with van der Waals surface area (Å²) in [5.74, 6) is 0. The Bertz CT molecular complexity index is 1450.